The number of halogens is 3. The summed E-state index contributed by atoms with van der Waals surface area (Å²) in [5, 5.41) is 1.39. The van der Waals surface area contributed by atoms with Gasteiger partial charge in [-0.1, -0.05) is 30.3 Å². The van der Waals surface area contributed by atoms with E-state index in [1.165, 1.54) is 12.1 Å². The van der Waals surface area contributed by atoms with Crippen molar-refractivity contribution in [3.05, 3.63) is 35.9 Å². The number of nitrogens with zero attached hydrogens (tertiary/aromatic N) is 1. The van der Waals surface area contributed by atoms with E-state index in [0.29, 0.717) is 19.4 Å². The van der Waals surface area contributed by atoms with E-state index in [1.54, 1.807) is 0 Å². The van der Waals surface area contributed by atoms with Gasteiger partial charge in [0.25, 0.3) is 0 Å². The van der Waals surface area contributed by atoms with E-state index in [-0.39, 0.29) is 12.6 Å². The topological polar surface area (TPSA) is 74.9 Å². The molecule has 0 spiro atoms. The second kappa shape index (κ2) is 9.83. The maximum Gasteiger partial charge on any atom is 0.402 e. The van der Waals surface area contributed by atoms with Crippen LogP contribution in [0.15, 0.2) is 30.3 Å². The van der Waals surface area contributed by atoms with Crippen LogP contribution < -0.4 is 16.4 Å². The summed E-state index contributed by atoms with van der Waals surface area (Å²) >= 11 is 0. The normalized spacial score (nSPS) is 21.5. The number of benzene rings is 1. The molecular formula is C16H23F3N4O3. The molecule has 1 heterocycles. The minimum Gasteiger partial charge on any atom is -0.468 e. The molecule has 0 aliphatic carbocycles. The molecule has 1 aliphatic heterocycles. The van der Waals surface area contributed by atoms with Crippen LogP contribution >= 0.6 is 0 Å². The molecule has 1 aromatic rings. The molecule has 0 amide bonds. The molecule has 146 valence electrons. The van der Waals surface area contributed by atoms with Crippen LogP contribution in [0.2, 0.25) is 0 Å². The van der Waals surface area contributed by atoms with Gasteiger partial charge < -0.3 is 4.74 Å². The van der Waals surface area contributed by atoms with E-state index in [2.05, 4.69) is 16.4 Å². The van der Waals surface area contributed by atoms with Crippen LogP contribution in [0.5, 0.6) is 0 Å². The standard InChI is InChI=1S/C16H23F3N4O3/c1-25-15(24)14-8-7-13(9-23(14)22-20-11-16(17,18)19)21-26-10-12-5-3-2-4-6-12/h2-6,13-14,20-22H,7-11H2,1H3/t13-,14+/m1/s1. The Morgan fingerprint density at radius 3 is 2.65 bits per heavy atom. The first kappa shape index (κ1) is 20.6. The summed E-state index contributed by atoms with van der Waals surface area (Å²) in [6.07, 6.45) is -3.33. The number of esters is 1. The minimum absolute atomic E-state index is 0.153. The number of hydrogen-bond acceptors (Lipinski definition) is 7. The van der Waals surface area contributed by atoms with Crippen molar-refractivity contribution in [2.75, 3.05) is 20.2 Å². The van der Waals surface area contributed by atoms with Gasteiger partial charge in [-0.3, -0.25) is 9.63 Å². The summed E-state index contributed by atoms with van der Waals surface area (Å²) in [7, 11) is 1.25. The van der Waals surface area contributed by atoms with Crippen molar-refractivity contribution in [1.82, 2.24) is 21.4 Å². The van der Waals surface area contributed by atoms with E-state index < -0.39 is 24.7 Å². The molecule has 0 unspecified atom stereocenters. The third-order valence-corrected chi connectivity index (χ3v) is 3.90. The first-order valence-corrected chi connectivity index (χ1v) is 8.20. The monoisotopic (exact) mass is 376 g/mol. The van der Waals surface area contributed by atoms with E-state index in [4.69, 9.17) is 9.57 Å². The SMILES string of the molecule is COC(=O)[C@@H]1CC[C@@H](NOCc2ccccc2)CN1NNCC(F)(F)F. The quantitative estimate of drug-likeness (QED) is 0.466. The molecule has 26 heavy (non-hydrogen) atoms. The van der Waals surface area contributed by atoms with Crippen LogP contribution in [0.4, 0.5) is 13.2 Å². The summed E-state index contributed by atoms with van der Waals surface area (Å²) in [4.78, 5) is 17.3. The van der Waals surface area contributed by atoms with Gasteiger partial charge in [-0.05, 0) is 18.4 Å². The van der Waals surface area contributed by atoms with Crippen LogP contribution in [-0.4, -0.2) is 49.4 Å². The number of rotatable bonds is 8. The van der Waals surface area contributed by atoms with Gasteiger partial charge in [0.05, 0.1) is 13.7 Å². The Balaban J connectivity index is 1.83. The summed E-state index contributed by atoms with van der Waals surface area (Å²) in [6, 6.07) is 8.72. The lowest BCUT2D eigenvalue weighted by Crippen LogP contribution is -2.62. The molecule has 0 aromatic heterocycles. The van der Waals surface area contributed by atoms with Crippen molar-refractivity contribution in [2.45, 2.75) is 37.7 Å². The average Bonchev–Trinajstić information content (AvgIpc) is 2.61. The first-order chi connectivity index (χ1) is 12.4. The van der Waals surface area contributed by atoms with E-state index in [9.17, 15) is 18.0 Å². The van der Waals surface area contributed by atoms with Crippen molar-refractivity contribution >= 4 is 5.97 Å². The number of hydrazine groups is 2. The highest BCUT2D eigenvalue weighted by Gasteiger charge is 2.35. The molecule has 10 heteroatoms. The third-order valence-electron chi connectivity index (χ3n) is 3.90. The molecule has 1 saturated heterocycles. The highest BCUT2D eigenvalue weighted by Crippen LogP contribution is 2.17. The fourth-order valence-corrected chi connectivity index (χ4v) is 2.63. The van der Waals surface area contributed by atoms with Crippen LogP contribution in [-0.2, 0) is 21.0 Å². The molecule has 0 bridgehead atoms. The zero-order chi connectivity index (χ0) is 19.0. The lowest BCUT2D eigenvalue weighted by atomic mass is 10.0. The number of hydrogen-bond donors (Lipinski definition) is 3. The van der Waals surface area contributed by atoms with Crippen molar-refractivity contribution in [3.8, 4) is 0 Å². The predicted octanol–water partition coefficient (Wildman–Crippen LogP) is 1.29. The number of methoxy groups -OCH3 is 1. The van der Waals surface area contributed by atoms with Crippen LogP contribution in [0.25, 0.3) is 0 Å². The summed E-state index contributed by atoms with van der Waals surface area (Å²) in [5.74, 6) is -0.505. The number of ether oxygens (including phenoxy) is 1. The highest BCUT2D eigenvalue weighted by molar-refractivity contribution is 5.75. The van der Waals surface area contributed by atoms with Gasteiger partial charge in [0.2, 0.25) is 0 Å². The van der Waals surface area contributed by atoms with Crippen molar-refractivity contribution in [2.24, 2.45) is 0 Å². The van der Waals surface area contributed by atoms with E-state index >= 15 is 0 Å². The average molecular weight is 376 g/mol. The van der Waals surface area contributed by atoms with E-state index in [0.717, 1.165) is 5.56 Å². The fourth-order valence-electron chi connectivity index (χ4n) is 2.63. The Hall–Kier alpha value is -1.72. The van der Waals surface area contributed by atoms with Crippen molar-refractivity contribution in [3.63, 3.8) is 0 Å². The summed E-state index contributed by atoms with van der Waals surface area (Å²) in [6.45, 7) is -0.600. The van der Waals surface area contributed by atoms with Crippen molar-refractivity contribution in [1.29, 1.82) is 0 Å². The number of hydroxylamine groups is 1. The lowest BCUT2D eigenvalue weighted by Gasteiger charge is -2.38. The molecule has 7 nitrogen and oxygen atoms in total. The molecule has 3 N–H and O–H groups in total. The third kappa shape index (κ3) is 6.89. The Kier molecular flexibility index (Phi) is 7.79. The van der Waals surface area contributed by atoms with Gasteiger partial charge in [0, 0.05) is 12.6 Å². The maximum absolute atomic E-state index is 12.3. The van der Waals surface area contributed by atoms with Gasteiger partial charge in [0.1, 0.15) is 12.6 Å². The van der Waals surface area contributed by atoms with Gasteiger partial charge in [-0.2, -0.15) is 24.2 Å². The van der Waals surface area contributed by atoms with Crippen molar-refractivity contribution < 1.29 is 27.5 Å². The van der Waals surface area contributed by atoms with Gasteiger partial charge in [-0.15, -0.1) is 0 Å². The number of piperidine rings is 1. The molecule has 1 fully saturated rings. The zero-order valence-electron chi connectivity index (χ0n) is 14.4. The largest absolute Gasteiger partial charge is 0.468 e. The maximum atomic E-state index is 12.3. The number of nitrogens with one attached hydrogen (secondary N) is 3. The van der Waals surface area contributed by atoms with Crippen LogP contribution in [0, 0.1) is 0 Å². The number of carbonyl (C=O) groups is 1. The molecule has 0 saturated carbocycles. The second-order valence-electron chi connectivity index (χ2n) is 5.94. The molecule has 1 aliphatic rings. The molecular weight excluding hydrogens is 353 g/mol. The molecule has 2 atom stereocenters. The van der Waals surface area contributed by atoms with Crippen LogP contribution in [0.1, 0.15) is 18.4 Å². The van der Waals surface area contributed by atoms with Gasteiger partial charge in [0.15, 0.2) is 0 Å². The van der Waals surface area contributed by atoms with Crippen LogP contribution in [0.3, 0.4) is 0 Å². The summed E-state index contributed by atoms with van der Waals surface area (Å²) < 4.78 is 41.6. The second-order valence-corrected chi connectivity index (χ2v) is 5.94. The smallest absolute Gasteiger partial charge is 0.402 e. The number of alkyl halides is 3. The first-order valence-electron chi connectivity index (χ1n) is 8.20. The Morgan fingerprint density at radius 1 is 1.27 bits per heavy atom. The van der Waals surface area contributed by atoms with Gasteiger partial charge in [-0.25, -0.2) is 10.4 Å². The fraction of sp³-hybridized carbons (Fsp3) is 0.562. The molecule has 2 rings (SSSR count). The number of carbonyl (C=O) groups excluding carboxylic acids is 1. The predicted molar refractivity (Wildman–Crippen MR) is 87.1 cm³/mol. The summed E-state index contributed by atoms with van der Waals surface area (Å²) in [5.41, 5.74) is 8.42. The molecule has 0 radical (unpaired) electrons. The lowest BCUT2D eigenvalue weighted by molar-refractivity contribution is -0.154. The van der Waals surface area contributed by atoms with Gasteiger partial charge >= 0.3 is 12.1 Å². The zero-order valence-corrected chi connectivity index (χ0v) is 14.4. The molecule has 1 aromatic carbocycles. The van der Waals surface area contributed by atoms with E-state index in [1.807, 2.05) is 30.3 Å². The Morgan fingerprint density at radius 2 is 2.00 bits per heavy atom. The minimum atomic E-state index is -4.36. The highest BCUT2D eigenvalue weighted by atomic mass is 19.4. The Labute approximate surface area is 149 Å². The Bertz CT molecular complexity index is 559.